The summed E-state index contributed by atoms with van der Waals surface area (Å²) in [7, 11) is 0. The van der Waals surface area contributed by atoms with E-state index in [0.717, 1.165) is 75.4 Å². The van der Waals surface area contributed by atoms with Crippen LogP contribution in [0.15, 0.2) is 54.7 Å². The van der Waals surface area contributed by atoms with Gasteiger partial charge in [0.2, 0.25) is 17.7 Å². The van der Waals surface area contributed by atoms with Gasteiger partial charge in [0, 0.05) is 51.0 Å². The summed E-state index contributed by atoms with van der Waals surface area (Å²) < 4.78 is 11.2. The zero-order chi connectivity index (χ0) is 40.9. The predicted molar refractivity (Wildman–Crippen MR) is 225 cm³/mol. The molecular weight excluding hydrogens is 782 g/mol. The number of carbonyl (C=O) groups excluding carboxylic acids is 4. The number of rotatable bonds is 19. The summed E-state index contributed by atoms with van der Waals surface area (Å²) in [5.41, 5.74) is 2.81. The Kier molecular flexibility index (Phi) is 15.5. The number of unbranched alkanes of at least 4 members (excludes halogenated alkanes) is 3. The monoisotopic (exact) mass is 831 g/mol. The molecule has 4 heterocycles. The lowest BCUT2D eigenvalue weighted by Gasteiger charge is -2.35. The van der Waals surface area contributed by atoms with Crippen LogP contribution in [0.25, 0.3) is 0 Å². The second-order valence-corrected chi connectivity index (χ2v) is 15.7. The summed E-state index contributed by atoms with van der Waals surface area (Å²) in [5, 5.41) is 12.3. The maximum Gasteiger partial charge on any atom is 0.267 e. The largest absolute Gasteiger partial charge is 0.379 e. The van der Waals surface area contributed by atoms with Gasteiger partial charge in [-0.1, -0.05) is 60.0 Å². The van der Waals surface area contributed by atoms with Crippen molar-refractivity contribution in [3.8, 4) is 0 Å². The van der Waals surface area contributed by atoms with Crippen molar-refractivity contribution in [1.29, 1.82) is 0 Å². The van der Waals surface area contributed by atoms with Gasteiger partial charge < -0.3 is 30.3 Å². The van der Waals surface area contributed by atoms with Crippen LogP contribution >= 0.6 is 22.9 Å². The van der Waals surface area contributed by atoms with Crippen molar-refractivity contribution in [3.05, 3.63) is 81.6 Å². The van der Waals surface area contributed by atoms with E-state index >= 15 is 0 Å². The lowest BCUT2D eigenvalue weighted by atomic mass is 9.90. The van der Waals surface area contributed by atoms with Crippen LogP contribution < -0.4 is 26.2 Å². The number of piperazine rings is 1. The molecule has 6 rings (SSSR count). The molecule has 0 radical (unpaired) electrons. The molecule has 0 spiro atoms. The van der Waals surface area contributed by atoms with Crippen molar-refractivity contribution in [3.63, 3.8) is 0 Å². The van der Waals surface area contributed by atoms with Crippen LogP contribution in [0.3, 0.4) is 0 Å². The maximum atomic E-state index is 12.9. The minimum absolute atomic E-state index is 0.0968. The summed E-state index contributed by atoms with van der Waals surface area (Å²) in [6.45, 7) is 9.76. The number of aryl methyl sites for hydroxylation is 2. The number of halogens is 1. The van der Waals surface area contributed by atoms with Gasteiger partial charge in [-0.05, 0) is 69.0 Å². The van der Waals surface area contributed by atoms with Gasteiger partial charge in [0.25, 0.3) is 5.91 Å². The minimum atomic E-state index is -0.409. The molecule has 2 aromatic heterocycles. The van der Waals surface area contributed by atoms with E-state index in [0.29, 0.717) is 70.7 Å². The number of para-hydroxylation sites is 1. The number of ether oxygens (including phenoxy) is 2. The average Bonchev–Trinajstić information content (AvgIpc) is 3.67. The Morgan fingerprint density at radius 2 is 1.72 bits per heavy atom. The van der Waals surface area contributed by atoms with E-state index in [4.69, 9.17) is 26.1 Å². The Labute approximate surface area is 347 Å². The molecule has 17 heteroatoms. The number of thiazole rings is 1. The van der Waals surface area contributed by atoms with E-state index in [-0.39, 0.29) is 30.2 Å². The molecule has 2 aliphatic heterocycles. The summed E-state index contributed by atoms with van der Waals surface area (Å²) >= 11 is 7.53. The quantitative estimate of drug-likeness (QED) is 0.0634. The Morgan fingerprint density at radius 1 is 0.931 bits per heavy atom. The van der Waals surface area contributed by atoms with E-state index in [1.807, 2.05) is 38.1 Å². The first-order valence-corrected chi connectivity index (χ1v) is 20.8. The second kappa shape index (κ2) is 21.1. The first kappa shape index (κ1) is 42.6. The number of piperidine rings is 1. The fourth-order valence-electron chi connectivity index (χ4n) is 6.81. The molecule has 15 nitrogen and oxygen atoms in total. The molecule has 2 aromatic carbocycles. The van der Waals surface area contributed by atoms with Crippen molar-refractivity contribution in [2.24, 2.45) is 0 Å². The topological polar surface area (TPSA) is 180 Å². The number of nitrogens with zero attached hydrogens (tertiary/aromatic N) is 5. The second-order valence-electron chi connectivity index (χ2n) is 14.3. The normalized spacial score (nSPS) is 15.9. The van der Waals surface area contributed by atoms with Crippen LogP contribution in [-0.4, -0.2) is 103 Å². The van der Waals surface area contributed by atoms with Gasteiger partial charge in [-0.15, -0.1) is 0 Å². The Hall–Kier alpha value is -5.00. The zero-order valence-electron chi connectivity index (χ0n) is 32.9. The third-order valence-corrected chi connectivity index (χ3v) is 11.1. The number of hydrogen-bond donors (Lipinski definition) is 4. The van der Waals surface area contributed by atoms with Crippen molar-refractivity contribution in [1.82, 2.24) is 25.2 Å². The van der Waals surface area contributed by atoms with Crippen molar-refractivity contribution >= 4 is 74.7 Å². The Morgan fingerprint density at radius 3 is 2.53 bits per heavy atom. The number of carbonyl (C=O) groups is 4. The van der Waals surface area contributed by atoms with E-state index in [2.05, 4.69) is 41.0 Å². The van der Waals surface area contributed by atoms with Crippen LogP contribution in [0.4, 0.5) is 28.1 Å². The van der Waals surface area contributed by atoms with E-state index < -0.39 is 5.92 Å². The fourth-order valence-corrected chi connectivity index (χ4v) is 7.80. The van der Waals surface area contributed by atoms with Crippen LogP contribution in [-0.2, 0) is 23.9 Å². The predicted octanol–water partition coefficient (Wildman–Crippen LogP) is 6.07. The molecule has 4 aromatic rings. The molecule has 308 valence electrons. The first-order chi connectivity index (χ1) is 28.1. The first-order valence-electron chi connectivity index (χ1n) is 19.6. The van der Waals surface area contributed by atoms with Crippen molar-refractivity contribution < 1.29 is 28.7 Å². The van der Waals surface area contributed by atoms with Gasteiger partial charge >= 0.3 is 0 Å². The number of benzene rings is 2. The van der Waals surface area contributed by atoms with Gasteiger partial charge in [-0.3, -0.25) is 29.4 Å². The lowest BCUT2D eigenvalue weighted by Crippen LogP contribution is -2.47. The molecular formula is C41H50ClN9O6S. The van der Waals surface area contributed by atoms with E-state index in [9.17, 15) is 19.2 Å². The molecule has 58 heavy (non-hydrogen) atoms. The average molecular weight is 832 g/mol. The van der Waals surface area contributed by atoms with E-state index in [1.165, 1.54) is 17.5 Å². The Bertz CT molecular complexity index is 2040. The highest BCUT2D eigenvalue weighted by Gasteiger charge is 2.28. The molecule has 0 bridgehead atoms. The zero-order valence-corrected chi connectivity index (χ0v) is 34.4. The van der Waals surface area contributed by atoms with Crippen LogP contribution in [0.1, 0.15) is 71.1 Å². The van der Waals surface area contributed by atoms with Gasteiger partial charge in [-0.2, -0.15) is 0 Å². The van der Waals surface area contributed by atoms with Crippen molar-refractivity contribution in [2.75, 3.05) is 80.0 Å². The van der Waals surface area contributed by atoms with Gasteiger partial charge in [0.1, 0.15) is 28.9 Å². The third-order valence-electron chi connectivity index (χ3n) is 9.88. The summed E-state index contributed by atoms with van der Waals surface area (Å²) in [4.78, 5) is 67.8. The number of imide groups is 1. The molecule has 4 amide bonds. The summed E-state index contributed by atoms with van der Waals surface area (Å²) in [5.74, 6) is 0.600. The molecule has 2 saturated heterocycles. The molecule has 4 N–H and O–H groups in total. The molecule has 2 fully saturated rings. The highest BCUT2D eigenvalue weighted by Crippen LogP contribution is 2.29. The van der Waals surface area contributed by atoms with Crippen molar-refractivity contribution in [2.45, 2.75) is 58.3 Å². The van der Waals surface area contributed by atoms with Gasteiger partial charge in [-0.25, -0.2) is 15.0 Å². The lowest BCUT2D eigenvalue weighted by molar-refractivity contribution is -0.134. The smallest absolute Gasteiger partial charge is 0.267 e. The molecule has 0 saturated carbocycles. The van der Waals surface area contributed by atoms with Crippen LogP contribution in [0.2, 0.25) is 5.02 Å². The number of nitrogens with one attached hydrogen (secondary N) is 4. The number of amides is 4. The molecule has 2 aliphatic rings. The highest BCUT2D eigenvalue weighted by molar-refractivity contribution is 7.17. The highest BCUT2D eigenvalue weighted by atomic mass is 35.5. The van der Waals surface area contributed by atoms with Crippen LogP contribution in [0.5, 0.6) is 0 Å². The Balaban J connectivity index is 0.801. The SMILES string of the molecule is Cc1nc(Nc2ncc(C(=O)Nc3c(C)cccc3Cl)s2)cc(N2CCN(CCCCCCOCCOCC(=O)Nc3cccc(C4CCC(=O)NC4=O)c3)CC2)n1. The van der Waals surface area contributed by atoms with E-state index in [1.54, 1.807) is 24.3 Å². The standard InChI is InChI=1S/C41H50ClN9O6S/c1-27-9-7-12-32(42)38(27)49-40(55)33-25-43-41(58-33)47-34-24-35(45-28(2)44-34)51-18-16-50(17-19-51)15-5-3-4-6-20-56-21-22-57-26-37(53)46-30-11-8-10-29(23-30)31-13-14-36(52)48-39(31)54/h7-12,23-25,31H,3-6,13-22,26H2,1-2H3,(H,46,53)(H,49,55)(H,48,52,54)(H,43,44,45,47). The molecule has 1 atom stereocenters. The van der Waals surface area contributed by atoms with Gasteiger partial charge in [0.15, 0.2) is 5.13 Å². The third kappa shape index (κ3) is 12.5. The minimum Gasteiger partial charge on any atom is -0.379 e. The fraction of sp³-hybridized carbons (Fsp3) is 0.439. The number of aromatic nitrogens is 3. The maximum absolute atomic E-state index is 12.9. The van der Waals surface area contributed by atoms with Gasteiger partial charge in [0.05, 0.1) is 36.0 Å². The molecule has 0 aliphatic carbocycles. The molecule has 1 unspecified atom stereocenters. The summed E-state index contributed by atoms with van der Waals surface area (Å²) in [6.07, 6.45) is 6.60. The number of hydrogen-bond acceptors (Lipinski definition) is 13. The van der Waals surface area contributed by atoms with Crippen LogP contribution in [0, 0.1) is 13.8 Å². The number of anilines is 5. The summed E-state index contributed by atoms with van der Waals surface area (Å²) in [6, 6.07) is 14.5.